The van der Waals surface area contributed by atoms with Gasteiger partial charge in [-0.1, -0.05) is 0 Å². The Morgan fingerprint density at radius 3 is 2.71 bits per heavy atom. The van der Waals surface area contributed by atoms with Gasteiger partial charge in [-0.2, -0.15) is 0 Å². The molecule has 0 spiro atoms. The van der Waals surface area contributed by atoms with E-state index >= 15 is 0 Å². The van der Waals surface area contributed by atoms with E-state index < -0.39 is 5.82 Å². The maximum atomic E-state index is 13.5. The second-order valence-corrected chi connectivity index (χ2v) is 4.12. The van der Waals surface area contributed by atoms with Crippen LogP contribution in [-0.2, 0) is 4.74 Å². The van der Waals surface area contributed by atoms with Gasteiger partial charge >= 0.3 is 0 Å². The number of hydrogen-bond donors (Lipinski definition) is 1. The van der Waals surface area contributed by atoms with Gasteiger partial charge in [0.2, 0.25) is 0 Å². The van der Waals surface area contributed by atoms with E-state index in [9.17, 15) is 8.78 Å². The minimum atomic E-state index is -0.419. The van der Waals surface area contributed by atoms with E-state index in [4.69, 9.17) is 4.74 Å². The van der Waals surface area contributed by atoms with Crippen molar-refractivity contribution in [1.82, 2.24) is 10.4 Å². The van der Waals surface area contributed by atoms with Crippen LogP contribution in [0.5, 0.6) is 0 Å². The zero-order valence-corrected chi connectivity index (χ0v) is 9.75. The number of rotatable bonds is 3. The molecule has 1 aliphatic heterocycles. The highest BCUT2D eigenvalue weighted by atomic mass is 19.1. The Kier molecular flexibility index (Phi) is 4.04. The van der Waals surface area contributed by atoms with Crippen molar-refractivity contribution in [2.75, 3.05) is 26.3 Å². The molecule has 5 heteroatoms. The molecule has 0 aliphatic carbocycles. The molecule has 1 aromatic carbocycles. The molecule has 0 saturated carbocycles. The van der Waals surface area contributed by atoms with Crippen molar-refractivity contribution >= 4 is 0 Å². The number of halogens is 2. The first-order valence-electron chi connectivity index (χ1n) is 5.70. The van der Waals surface area contributed by atoms with Gasteiger partial charge in [-0.25, -0.2) is 19.2 Å². The first kappa shape index (κ1) is 12.4. The predicted octanol–water partition coefficient (Wildman–Crippen LogP) is 1.86. The Hall–Kier alpha value is -1.04. The van der Waals surface area contributed by atoms with E-state index in [2.05, 4.69) is 5.43 Å². The van der Waals surface area contributed by atoms with Gasteiger partial charge in [-0.3, -0.25) is 0 Å². The Bertz CT molecular complexity index is 381. The highest BCUT2D eigenvalue weighted by Gasteiger charge is 2.16. The summed E-state index contributed by atoms with van der Waals surface area (Å²) in [5, 5.41) is 1.97. The van der Waals surface area contributed by atoms with Crippen molar-refractivity contribution in [2.45, 2.75) is 13.0 Å². The Morgan fingerprint density at radius 2 is 2.00 bits per heavy atom. The van der Waals surface area contributed by atoms with Crippen LogP contribution in [-0.4, -0.2) is 31.3 Å². The van der Waals surface area contributed by atoms with Crippen LogP contribution in [0.2, 0.25) is 0 Å². The van der Waals surface area contributed by atoms with Gasteiger partial charge in [0.15, 0.2) is 0 Å². The SMILES string of the molecule is CC(NN1CCOCC1)c1cc(F)ccc1F. The van der Waals surface area contributed by atoms with Crippen LogP contribution in [0.4, 0.5) is 8.78 Å². The number of nitrogens with one attached hydrogen (secondary N) is 1. The average Bonchev–Trinajstić information content (AvgIpc) is 2.33. The second kappa shape index (κ2) is 5.53. The van der Waals surface area contributed by atoms with Crippen molar-refractivity contribution in [3.63, 3.8) is 0 Å². The Labute approximate surface area is 99.3 Å². The van der Waals surface area contributed by atoms with E-state index in [-0.39, 0.29) is 11.9 Å². The van der Waals surface area contributed by atoms with Crippen molar-refractivity contribution < 1.29 is 13.5 Å². The summed E-state index contributed by atoms with van der Waals surface area (Å²) >= 11 is 0. The molecule has 3 nitrogen and oxygen atoms in total. The zero-order chi connectivity index (χ0) is 12.3. The van der Waals surface area contributed by atoms with Crippen molar-refractivity contribution in [1.29, 1.82) is 0 Å². The summed E-state index contributed by atoms with van der Waals surface area (Å²) in [4.78, 5) is 0. The number of hydrazine groups is 1. The lowest BCUT2D eigenvalue weighted by molar-refractivity contribution is 0.00457. The number of morpholine rings is 1. The third kappa shape index (κ3) is 3.21. The smallest absolute Gasteiger partial charge is 0.128 e. The first-order valence-corrected chi connectivity index (χ1v) is 5.70. The maximum Gasteiger partial charge on any atom is 0.128 e. The summed E-state index contributed by atoms with van der Waals surface area (Å²) in [6.07, 6.45) is 0. The van der Waals surface area contributed by atoms with E-state index in [0.717, 1.165) is 25.2 Å². The summed E-state index contributed by atoms with van der Waals surface area (Å²) in [6.45, 7) is 4.63. The highest BCUT2D eigenvalue weighted by molar-refractivity contribution is 5.21. The van der Waals surface area contributed by atoms with Gasteiger partial charge in [0.05, 0.1) is 13.2 Å². The monoisotopic (exact) mass is 242 g/mol. The fourth-order valence-corrected chi connectivity index (χ4v) is 1.88. The number of benzene rings is 1. The summed E-state index contributed by atoms with van der Waals surface area (Å²) in [6, 6.07) is 3.25. The molecular formula is C12H16F2N2O. The molecule has 0 radical (unpaired) electrons. The molecule has 17 heavy (non-hydrogen) atoms. The molecule has 2 rings (SSSR count). The third-order valence-corrected chi connectivity index (χ3v) is 2.81. The largest absolute Gasteiger partial charge is 0.379 e. The molecule has 0 bridgehead atoms. The predicted molar refractivity (Wildman–Crippen MR) is 60.3 cm³/mol. The molecule has 1 fully saturated rings. The normalized spacial score (nSPS) is 19.2. The lowest BCUT2D eigenvalue weighted by Crippen LogP contribution is -2.46. The van der Waals surface area contributed by atoms with Gasteiger partial charge < -0.3 is 4.74 Å². The minimum Gasteiger partial charge on any atom is -0.379 e. The van der Waals surface area contributed by atoms with Gasteiger partial charge in [0.1, 0.15) is 11.6 Å². The van der Waals surface area contributed by atoms with E-state index in [1.807, 2.05) is 11.9 Å². The standard InChI is InChI=1S/C12H16F2N2O/c1-9(15-16-4-6-17-7-5-16)11-8-10(13)2-3-12(11)14/h2-3,8-9,15H,4-7H2,1H3. The average molecular weight is 242 g/mol. The minimum absolute atomic E-state index is 0.260. The quantitative estimate of drug-likeness (QED) is 0.875. The van der Waals surface area contributed by atoms with Gasteiger partial charge in [0.25, 0.3) is 0 Å². The molecule has 0 amide bonds. The summed E-state index contributed by atoms with van der Waals surface area (Å²) < 4.78 is 31.8. The number of ether oxygens (including phenoxy) is 1. The molecule has 94 valence electrons. The summed E-state index contributed by atoms with van der Waals surface area (Å²) in [5.74, 6) is -0.809. The highest BCUT2D eigenvalue weighted by Crippen LogP contribution is 2.18. The molecular weight excluding hydrogens is 226 g/mol. The van der Waals surface area contributed by atoms with Crippen molar-refractivity contribution in [3.05, 3.63) is 35.4 Å². The van der Waals surface area contributed by atoms with Crippen LogP contribution in [0.1, 0.15) is 18.5 Å². The number of hydrogen-bond acceptors (Lipinski definition) is 3. The fraction of sp³-hybridized carbons (Fsp3) is 0.500. The van der Waals surface area contributed by atoms with Crippen LogP contribution >= 0.6 is 0 Å². The van der Waals surface area contributed by atoms with Crippen molar-refractivity contribution in [2.24, 2.45) is 0 Å². The van der Waals surface area contributed by atoms with Gasteiger partial charge in [-0.15, -0.1) is 0 Å². The Morgan fingerprint density at radius 1 is 1.29 bits per heavy atom. The zero-order valence-electron chi connectivity index (χ0n) is 9.75. The lowest BCUT2D eigenvalue weighted by atomic mass is 10.1. The lowest BCUT2D eigenvalue weighted by Gasteiger charge is -2.30. The van der Waals surface area contributed by atoms with Crippen LogP contribution in [0.25, 0.3) is 0 Å². The van der Waals surface area contributed by atoms with Gasteiger partial charge in [-0.05, 0) is 25.1 Å². The maximum absolute atomic E-state index is 13.5. The van der Waals surface area contributed by atoms with E-state index in [1.54, 1.807) is 0 Å². The summed E-state index contributed by atoms with van der Waals surface area (Å²) in [7, 11) is 0. The second-order valence-electron chi connectivity index (χ2n) is 4.12. The van der Waals surface area contributed by atoms with Crippen LogP contribution < -0.4 is 5.43 Å². The number of nitrogens with zero attached hydrogens (tertiary/aromatic N) is 1. The van der Waals surface area contributed by atoms with Crippen LogP contribution in [0, 0.1) is 11.6 Å². The first-order chi connectivity index (χ1) is 8.16. The van der Waals surface area contributed by atoms with Crippen molar-refractivity contribution in [3.8, 4) is 0 Å². The fourth-order valence-electron chi connectivity index (χ4n) is 1.88. The molecule has 1 atom stereocenters. The molecule has 1 unspecified atom stereocenters. The molecule has 1 heterocycles. The molecule has 0 aromatic heterocycles. The topological polar surface area (TPSA) is 24.5 Å². The summed E-state index contributed by atoms with van der Waals surface area (Å²) in [5.41, 5.74) is 3.49. The molecule has 1 aromatic rings. The Balaban J connectivity index is 2.02. The van der Waals surface area contributed by atoms with E-state index in [0.29, 0.717) is 18.8 Å². The van der Waals surface area contributed by atoms with Gasteiger partial charge in [0, 0.05) is 24.7 Å². The third-order valence-electron chi connectivity index (χ3n) is 2.81. The van der Waals surface area contributed by atoms with E-state index in [1.165, 1.54) is 6.07 Å². The van der Waals surface area contributed by atoms with Crippen LogP contribution in [0.15, 0.2) is 18.2 Å². The molecule has 1 N–H and O–H groups in total. The molecule has 1 saturated heterocycles. The van der Waals surface area contributed by atoms with Crippen LogP contribution in [0.3, 0.4) is 0 Å². The molecule has 1 aliphatic rings.